The molecule has 0 bridgehead atoms. The van der Waals surface area contributed by atoms with E-state index in [-0.39, 0.29) is 17.6 Å². The molecular formula is C14H22N4O3S2. The summed E-state index contributed by atoms with van der Waals surface area (Å²) >= 11 is 2.64. The number of carbonyl (C=O) groups is 2. The molecule has 0 saturated heterocycles. The van der Waals surface area contributed by atoms with Gasteiger partial charge in [-0.2, -0.15) is 0 Å². The maximum Gasteiger partial charge on any atom is 0.328 e. The van der Waals surface area contributed by atoms with Crippen LogP contribution >= 0.6 is 23.1 Å². The van der Waals surface area contributed by atoms with E-state index in [1.54, 1.807) is 6.08 Å². The molecule has 9 heteroatoms. The number of hydrogen-bond donors (Lipinski definition) is 2. The van der Waals surface area contributed by atoms with E-state index < -0.39 is 12.0 Å². The molecule has 0 aliphatic heterocycles. The highest BCUT2D eigenvalue weighted by atomic mass is 32.2. The molecule has 23 heavy (non-hydrogen) atoms. The van der Waals surface area contributed by atoms with Crippen molar-refractivity contribution in [3.05, 3.63) is 12.7 Å². The molecular weight excluding hydrogens is 336 g/mol. The Kier molecular flexibility index (Phi) is 8.64. The highest BCUT2D eigenvalue weighted by molar-refractivity contribution is 8.01. The van der Waals surface area contributed by atoms with E-state index >= 15 is 0 Å². The zero-order valence-electron chi connectivity index (χ0n) is 13.5. The number of nitrogens with zero attached hydrogens (tertiary/aromatic N) is 2. The van der Waals surface area contributed by atoms with Crippen molar-refractivity contribution in [3.8, 4) is 0 Å². The topological polar surface area (TPSA) is 93.2 Å². The molecule has 1 aromatic heterocycles. The molecule has 0 aliphatic rings. The van der Waals surface area contributed by atoms with E-state index in [1.807, 2.05) is 13.8 Å². The van der Waals surface area contributed by atoms with Crippen molar-refractivity contribution in [2.45, 2.75) is 30.6 Å². The summed E-state index contributed by atoms with van der Waals surface area (Å²) in [4.78, 5) is 23.7. The number of nitrogens with one attached hydrogen (secondary N) is 2. The van der Waals surface area contributed by atoms with Gasteiger partial charge >= 0.3 is 5.97 Å². The third-order valence-corrected chi connectivity index (χ3v) is 4.67. The van der Waals surface area contributed by atoms with E-state index in [1.165, 1.54) is 30.2 Å². The van der Waals surface area contributed by atoms with Gasteiger partial charge in [0.15, 0.2) is 4.34 Å². The second-order valence-corrected chi connectivity index (χ2v) is 7.30. The Morgan fingerprint density at radius 1 is 1.43 bits per heavy atom. The summed E-state index contributed by atoms with van der Waals surface area (Å²) in [6.45, 7) is 8.18. The minimum atomic E-state index is -0.618. The molecule has 1 aromatic rings. The quantitative estimate of drug-likeness (QED) is 0.375. The van der Waals surface area contributed by atoms with Crippen LogP contribution in [0, 0.1) is 5.92 Å². The average Bonchev–Trinajstić information content (AvgIpc) is 2.97. The normalized spacial score (nSPS) is 11.8. The summed E-state index contributed by atoms with van der Waals surface area (Å²) in [5.74, 6) is -0.221. The molecule has 0 saturated carbocycles. The first-order chi connectivity index (χ1) is 11.0. The maximum atomic E-state index is 12.0. The molecule has 0 unspecified atom stereocenters. The Morgan fingerprint density at radius 3 is 2.78 bits per heavy atom. The third-order valence-electron chi connectivity index (χ3n) is 2.66. The van der Waals surface area contributed by atoms with Gasteiger partial charge in [-0.05, 0) is 12.3 Å². The number of esters is 1. The first-order valence-electron chi connectivity index (χ1n) is 7.14. The van der Waals surface area contributed by atoms with Crippen molar-refractivity contribution < 1.29 is 14.3 Å². The largest absolute Gasteiger partial charge is 0.467 e. The van der Waals surface area contributed by atoms with Crippen LogP contribution < -0.4 is 10.6 Å². The van der Waals surface area contributed by atoms with Crippen LogP contribution in [0.15, 0.2) is 17.0 Å². The van der Waals surface area contributed by atoms with E-state index in [4.69, 9.17) is 4.74 Å². The number of methoxy groups -OCH3 is 1. The molecule has 2 N–H and O–H groups in total. The van der Waals surface area contributed by atoms with Gasteiger partial charge < -0.3 is 15.4 Å². The third kappa shape index (κ3) is 7.47. The lowest BCUT2D eigenvalue weighted by Crippen LogP contribution is -2.43. The fraction of sp³-hybridized carbons (Fsp3) is 0.571. The number of thioether (sulfide) groups is 1. The van der Waals surface area contributed by atoms with Gasteiger partial charge in [-0.3, -0.25) is 4.79 Å². The smallest absolute Gasteiger partial charge is 0.328 e. The summed E-state index contributed by atoms with van der Waals surface area (Å²) in [6.07, 6.45) is 2.26. The Bertz CT molecular complexity index is 534. The SMILES string of the molecule is C=CCNc1nnc(SCC(=O)N[C@@H](CC(C)C)C(=O)OC)s1. The van der Waals surface area contributed by atoms with Gasteiger partial charge in [0.25, 0.3) is 0 Å². The number of anilines is 1. The number of rotatable bonds is 10. The van der Waals surface area contributed by atoms with Crippen LogP contribution in [-0.2, 0) is 14.3 Å². The number of carbonyl (C=O) groups excluding carboxylic acids is 2. The van der Waals surface area contributed by atoms with Crippen LogP contribution in [0.3, 0.4) is 0 Å². The molecule has 0 radical (unpaired) electrons. The number of hydrogen-bond acceptors (Lipinski definition) is 8. The molecule has 0 spiro atoms. The van der Waals surface area contributed by atoms with Crippen LogP contribution in [-0.4, -0.2) is 47.5 Å². The predicted octanol–water partition coefficient (Wildman–Crippen LogP) is 1.93. The van der Waals surface area contributed by atoms with Crippen molar-refractivity contribution >= 4 is 40.1 Å². The number of aromatic nitrogens is 2. The zero-order valence-corrected chi connectivity index (χ0v) is 15.1. The summed E-state index contributed by atoms with van der Waals surface area (Å²) in [6, 6.07) is -0.618. The summed E-state index contributed by atoms with van der Waals surface area (Å²) in [5, 5.41) is 14.4. The van der Waals surface area contributed by atoms with E-state index in [0.717, 1.165) is 0 Å². The van der Waals surface area contributed by atoms with Crippen LogP contribution in [0.5, 0.6) is 0 Å². The lowest BCUT2D eigenvalue weighted by atomic mass is 10.0. The molecule has 1 amide bonds. The summed E-state index contributed by atoms with van der Waals surface area (Å²) in [5.41, 5.74) is 0. The fourth-order valence-corrected chi connectivity index (χ4v) is 3.26. The fourth-order valence-electron chi connectivity index (χ4n) is 1.69. The van der Waals surface area contributed by atoms with Gasteiger partial charge in [0.2, 0.25) is 11.0 Å². The minimum Gasteiger partial charge on any atom is -0.467 e. The molecule has 0 fully saturated rings. The monoisotopic (exact) mass is 358 g/mol. The molecule has 7 nitrogen and oxygen atoms in total. The Hall–Kier alpha value is -1.61. The molecule has 0 aliphatic carbocycles. The van der Waals surface area contributed by atoms with Gasteiger partial charge in [0, 0.05) is 6.54 Å². The summed E-state index contributed by atoms with van der Waals surface area (Å²) < 4.78 is 5.41. The highest BCUT2D eigenvalue weighted by Gasteiger charge is 2.22. The minimum absolute atomic E-state index is 0.168. The van der Waals surface area contributed by atoms with Crippen LogP contribution in [0.25, 0.3) is 0 Å². The van der Waals surface area contributed by atoms with Gasteiger partial charge in [-0.15, -0.1) is 16.8 Å². The molecule has 1 atom stereocenters. The first kappa shape index (κ1) is 19.4. The lowest BCUT2D eigenvalue weighted by Gasteiger charge is -2.17. The van der Waals surface area contributed by atoms with Gasteiger partial charge in [0.05, 0.1) is 12.9 Å². The lowest BCUT2D eigenvalue weighted by molar-refractivity contribution is -0.145. The van der Waals surface area contributed by atoms with E-state index in [0.29, 0.717) is 22.4 Å². The van der Waals surface area contributed by atoms with Crippen molar-refractivity contribution in [2.75, 3.05) is 24.7 Å². The predicted molar refractivity (Wildman–Crippen MR) is 92.7 cm³/mol. The van der Waals surface area contributed by atoms with E-state index in [9.17, 15) is 9.59 Å². The van der Waals surface area contributed by atoms with Crippen molar-refractivity contribution in [2.24, 2.45) is 5.92 Å². The standard InChI is InChI=1S/C14H22N4O3S2/c1-5-6-15-13-17-18-14(23-13)22-8-11(19)16-10(7-9(2)3)12(20)21-4/h5,9-10H,1,6-8H2,2-4H3,(H,15,17)(H,16,19)/t10-/m0/s1. The maximum absolute atomic E-state index is 12.0. The summed E-state index contributed by atoms with van der Waals surface area (Å²) in [7, 11) is 1.32. The Morgan fingerprint density at radius 2 is 2.17 bits per heavy atom. The van der Waals surface area contributed by atoms with Gasteiger partial charge in [-0.25, -0.2) is 4.79 Å². The Labute approximate surface area is 144 Å². The van der Waals surface area contributed by atoms with Gasteiger partial charge in [0.1, 0.15) is 6.04 Å². The first-order valence-corrected chi connectivity index (χ1v) is 8.94. The van der Waals surface area contributed by atoms with Crippen LogP contribution in [0.1, 0.15) is 20.3 Å². The van der Waals surface area contributed by atoms with Gasteiger partial charge in [-0.1, -0.05) is 43.0 Å². The van der Waals surface area contributed by atoms with Crippen molar-refractivity contribution in [3.63, 3.8) is 0 Å². The second-order valence-electron chi connectivity index (χ2n) is 5.10. The Balaban J connectivity index is 2.46. The van der Waals surface area contributed by atoms with Crippen LogP contribution in [0.4, 0.5) is 5.13 Å². The molecule has 1 rings (SSSR count). The number of ether oxygens (including phenoxy) is 1. The zero-order chi connectivity index (χ0) is 17.2. The second kappa shape index (κ2) is 10.2. The molecule has 128 valence electrons. The van der Waals surface area contributed by atoms with Crippen molar-refractivity contribution in [1.29, 1.82) is 0 Å². The van der Waals surface area contributed by atoms with E-state index in [2.05, 4.69) is 27.4 Å². The molecule has 0 aromatic carbocycles. The van der Waals surface area contributed by atoms with Crippen LogP contribution in [0.2, 0.25) is 0 Å². The molecule has 1 heterocycles. The average molecular weight is 358 g/mol. The highest BCUT2D eigenvalue weighted by Crippen LogP contribution is 2.25. The number of amides is 1. The van der Waals surface area contributed by atoms with Crippen molar-refractivity contribution in [1.82, 2.24) is 15.5 Å².